The summed E-state index contributed by atoms with van der Waals surface area (Å²) in [6, 6.07) is 2.02. The molecule has 3 atom stereocenters. The number of aromatic nitrogens is 2. The van der Waals surface area contributed by atoms with Crippen molar-refractivity contribution < 1.29 is 9.53 Å². The Labute approximate surface area is 129 Å². The average molecular weight is 311 g/mol. The Bertz CT molecular complexity index is 479. The van der Waals surface area contributed by atoms with Crippen LogP contribution in [0, 0.1) is 0 Å². The van der Waals surface area contributed by atoms with Crippen LogP contribution in [0.5, 0.6) is 0 Å². The molecule has 1 N–H and O–H groups in total. The van der Waals surface area contributed by atoms with E-state index in [0.29, 0.717) is 0 Å². The van der Waals surface area contributed by atoms with Gasteiger partial charge in [0.1, 0.15) is 0 Å². The maximum atomic E-state index is 10.4. The van der Waals surface area contributed by atoms with Crippen molar-refractivity contribution in [1.29, 1.82) is 0 Å². The van der Waals surface area contributed by atoms with Crippen molar-refractivity contribution in [2.24, 2.45) is 7.05 Å². The van der Waals surface area contributed by atoms with E-state index in [4.69, 9.17) is 4.43 Å². The lowest BCUT2D eigenvalue weighted by molar-refractivity contribution is 0.0385. The largest absolute Gasteiger partial charge is 0.414 e. The molecule has 1 saturated carbocycles. The Hall–Kier alpha value is -0.653. The third kappa shape index (κ3) is 3.58. The van der Waals surface area contributed by atoms with Crippen LogP contribution in [0.4, 0.5) is 0 Å². The number of rotatable bonds is 3. The summed E-state index contributed by atoms with van der Waals surface area (Å²) in [5.41, 5.74) is 1.12. The second-order valence-electron chi connectivity index (χ2n) is 7.87. The van der Waals surface area contributed by atoms with Gasteiger partial charge in [-0.1, -0.05) is 20.8 Å². The smallest absolute Gasteiger partial charge is 0.192 e. The number of aliphatic hydroxyl groups is 1. The van der Waals surface area contributed by atoms with Gasteiger partial charge in [-0.2, -0.15) is 5.10 Å². The van der Waals surface area contributed by atoms with Crippen LogP contribution >= 0.6 is 0 Å². The van der Waals surface area contributed by atoms with Crippen LogP contribution < -0.4 is 0 Å². The van der Waals surface area contributed by atoms with E-state index in [-0.39, 0.29) is 23.2 Å². The first-order valence-electron chi connectivity index (χ1n) is 7.95. The number of aliphatic hydroxyl groups excluding tert-OH is 1. The maximum Gasteiger partial charge on any atom is 0.192 e. The first-order chi connectivity index (χ1) is 9.62. The van der Waals surface area contributed by atoms with E-state index < -0.39 is 8.32 Å². The summed E-state index contributed by atoms with van der Waals surface area (Å²) in [6.07, 6.45) is 4.46. The van der Waals surface area contributed by atoms with E-state index in [1.54, 1.807) is 6.20 Å². The second kappa shape index (κ2) is 5.86. The molecule has 1 aromatic heterocycles. The molecule has 1 fully saturated rings. The Morgan fingerprint density at radius 3 is 2.52 bits per heavy atom. The lowest BCUT2D eigenvalue weighted by Crippen LogP contribution is -2.46. The molecule has 21 heavy (non-hydrogen) atoms. The predicted molar refractivity (Wildman–Crippen MR) is 87.9 cm³/mol. The summed E-state index contributed by atoms with van der Waals surface area (Å²) in [5.74, 6) is 0.140. The molecular weight excluding hydrogens is 280 g/mol. The monoisotopic (exact) mass is 310 g/mol. The van der Waals surface area contributed by atoms with Gasteiger partial charge in [0.15, 0.2) is 8.32 Å². The summed E-state index contributed by atoms with van der Waals surface area (Å²) in [4.78, 5) is 0. The van der Waals surface area contributed by atoms with Crippen LogP contribution in [-0.4, -0.2) is 35.4 Å². The summed E-state index contributed by atoms with van der Waals surface area (Å²) >= 11 is 0. The van der Waals surface area contributed by atoms with Gasteiger partial charge in [-0.3, -0.25) is 4.68 Å². The predicted octanol–water partition coefficient (Wildman–Crippen LogP) is 3.44. The van der Waals surface area contributed by atoms with Crippen molar-refractivity contribution in [2.45, 2.75) is 76.3 Å². The minimum Gasteiger partial charge on any atom is -0.414 e. The third-order valence-electron chi connectivity index (χ3n) is 5.27. The molecule has 0 spiro atoms. The fourth-order valence-electron chi connectivity index (χ4n) is 2.88. The molecule has 0 aliphatic heterocycles. The van der Waals surface area contributed by atoms with Gasteiger partial charge < -0.3 is 9.53 Å². The van der Waals surface area contributed by atoms with Gasteiger partial charge >= 0.3 is 0 Å². The lowest BCUT2D eigenvalue weighted by atomic mass is 9.82. The lowest BCUT2D eigenvalue weighted by Gasteiger charge is -2.42. The zero-order valence-electron chi connectivity index (χ0n) is 14.3. The van der Waals surface area contributed by atoms with E-state index >= 15 is 0 Å². The number of hydrogen-bond donors (Lipinski definition) is 1. The quantitative estimate of drug-likeness (QED) is 0.870. The van der Waals surface area contributed by atoms with E-state index in [2.05, 4.69) is 39.0 Å². The van der Waals surface area contributed by atoms with Crippen LogP contribution in [0.3, 0.4) is 0 Å². The number of aryl methyl sites for hydroxylation is 1. The van der Waals surface area contributed by atoms with Crippen LogP contribution in [0.1, 0.15) is 51.6 Å². The van der Waals surface area contributed by atoms with Gasteiger partial charge in [0.2, 0.25) is 0 Å². The molecule has 3 unspecified atom stereocenters. The van der Waals surface area contributed by atoms with Gasteiger partial charge in [-0.25, -0.2) is 0 Å². The molecule has 0 bridgehead atoms. The first kappa shape index (κ1) is 16.7. The molecule has 2 rings (SSSR count). The van der Waals surface area contributed by atoms with Crippen LogP contribution in [0.15, 0.2) is 12.3 Å². The molecule has 5 heteroatoms. The minimum atomic E-state index is -1.75. The number of hydrogen-bond acceptors (Lipinski definition) is 3. The highest BCUT2D eigenvalue weighted by molar-refractivity contribution is 6.74. The van der Waals surface area contributed by atoms with Gasteiger partial charge in [-0.15, -0.1) is 0 Å². The second-order valence-corrected chi connectivity index (χ2v) is 12.6. The minimum absolute atomic E-state index is 0.140. The van der Waals surface area contributed by atoms with E-state index in [0.717, 1.165) is 25.0 Å². The Kier molecular flexibility index (Phi) is 4.66. The number of nitrogens with zero attached hydrogens (tertiary/aromatic N) is 2. The summed E-state index contributed by atoms with van der Waals surface area (Å²) < 4.78 is 8.44. The summed E-state index contributed by atoms with van der Waals surface area (Å²) in [7, 11) is 0.198. The topological polar surface area (TPSA) is 47.3 Å². The van der Waals surface area contributed by atoms with Gasteiger partial charge in [0.05, 0.1) is 6.10 Å². The summed E-state index contributed by atoms with van der Waals surface area (Å²) in [6.45, 7) is 11.4. The van der Waals surface area contributed by atoms with Gasteiger partial charge in [0.25, 0.3) is 0 Å². The van der Waals surface area contributed by atoms with Gasteiger partial charge in [-0.05, 0) is 43.5 Å². The Balaban J connectivity index is 2.10. The molecule has 1 aliphatic rings. The van der Waals surface area contributed by atoms with E-state index in [1.807, 2.05) is 17.8 Å². The van der Waals surface area contributed by atoms with Crippen molar-refractivity contribution in [3.05, 3.63) is 18.0 Å². The average Bonchev–Trinajstić information content (AvgIpc) is 2.76. The highest BCUT2D eigenvalue weighted by atomic mass is 28.4. The SMILES string of the molecule is Cn1nccc1C1CC(O[Si](C)(C)C(C)(C)C)CCC1O. The highest BCUT2D eigenvalue weighted by Crippen LogP contribution is 2.41. The fourth-order valence-corrected chi connectivity index (χ4v) is 4.28. The molecule has 0 aromatic carbocycles. The highest BCUT2D eigenvalue weighted by Gasteiger charge is 2.41. The Morgan fingerprint density at radius 2 is 2.00 bits per heavy atom. The molecule has 0 amide bonds. The van der Waals surface area contributed by atoms with Crippen molar-refractivity contribution in [3.8, 4) is 0 Å². The van der Waals surface area contributed by atoms with Crippen molar-refractivity contribution in [1.82, 2.24) is 9.78 Å². The van der Waals surface area contributed by atoms with Crippen molar-refractivity contribution in [2.75, 3.05) is 0 Å². The van der Waals surface area contributed by atoms with E-state index in [9.17, 15) is 5.11 Å². The van der Waals surface area contributed by atoms with Crippen molar-refractivity contribution >= 4 is 8.32 Å². The molecule has 120 valence electrons. The molecule has 4 nitrogen and oxygen atoms in total. The zero-order chi connectivity index (χ0) is 15.8. The molecule has 0 saturated heterocycles. The zero-order valence-corrected chi connectivity index (χ0v) is 15.3. The fraction of sp³-hybridized carbons (Fsp3) is 0.812. The molecule has 1 aliphatic carbocycles. The first-order valence-corrected chi connectivity index (χ1v) is 10.9. The third-order valence-corrected chi connectivity index (χ3v) is 9.81. The van der Waals surface area contributed by atoms with Crippen LogP contribution in [-0.2, 0) is 11.5 Å². The van der Waals surface area contributed by atoms with Crippen LogP contribution in [0.25, 0.3) is 0 Å². The molecule has 0 radical (unpaired) electrons. The van der Waals surface area contributed by atoms with Crippen molar-refractivity contribution in [3.63, 3.8) is 0 Å². The summed E-state index contributed by atoms with van der Waals surface area (Å²) in [5, 5.41) is 14.8. The molecular formula is C16H30N2O2Si. The van der Waals surface area contributed by atoms with Gasteiger partial charge in [0, 0.05) is 31.0 Å². The van der Waals surface area contributed by atoms with Crippen LogP contribution in [0.2, 0.25) is 18.1 Å². The standard InChI is InChI=1S/C16H30N2O2Si/c1-16(2,3)21(5,6)20-12-7-8-15(19)13(11-12)14-9-10-17-18(14)4/h9-10,12-13,15,19H,7-8,11H2,1-6H3. The normalized spacial score (nSPS) is 27.9. The van der Waals surface area contributed by atoms with E-state index in [1.165, 1.54) is 0 Å². The molecule has 1 heterocycles. The molecule has 1 aromatic rings. The Morgan fingerprint density at radius 1 is 1.33 bits per heavy atom. The maximum absolute atomic E-state index is 10.4.